The summed E-state index contributed by atoms with van der Waals surface area (Å²) in [7, 11) is -2.77. The van der Waals surface area contributed by atoms with Gasteiger partial charge in [0.05, 0.1) is 27.7 Å². The molecule has 0 aliphatic rings. The molecule has 0 aliphatic heterocycles. The molecular weight excluding hydrogens is 657 g/mol. The number of aryl methyl sites for hydroxylation is 1. The summed E-state index contributed by atoms with van der Waals surface area (Å²) in [6.07, 6.45) is 0.196. The van der Waals surface area contributed by atoms with Gasteiger partial charge in [-0.3, -0.25) is 13.9 Å². The maximum absolute atomic E-state index is 14.6. The standard InChI is InChI=1S/C36H39Cl2N3O5S/c1-25(2)22-39-36(43)34(20-27-9-6-5-7-10-27)40(23-28-15-18-32(37)33(38)19-28)35(42)24-41(29-11-8-12-30(21-29)46-4)47(44,45)31-16-13-26(3)14-17-31/h5-19,21,25,34H,20,22-24H2,1-4H3,(H,39,43). The van der Waals surface area contributed by atoms with Gasteiger partial charge in [-0.25, -0.2) is 8.42 Å². The molecular formula is C36H39Cl2N3O5S. The van der Waals surface area contributed by atoms with E-state index in [1.54, 1.807) is 54.6 Å². The minimum absolute atomic E-state index is 0.0188. The summed E-state index contributed by atoms with van der Waals surface area (Å²) in [6, 6.07) is 26.3. The predicted molar refractivity (Wildman–Crippen MR) is 187 cm³/mol. The van der Waals surface area contributed by atoms with Crippen LogP contribution in [0.25, 0.3) is 0 Å². The lowest BCUT2D eigenvalue weighted by Gasteiger charge is -2.34. The Morgan fingerprint density at radius 1 is 0.851 bits per heavy atom. The topological polar surface area (TPSA) is 96.0 Å². The first-order valence-corrected chi connectivity index (χ1v) is 17.4. The minimum atomic E-state index is -4.24. The van der Waals surface area contributed by atoms with Crippen LogP contribution in [0, 0.1) is 12.8 Å². The molecule has 4 rings (SSSR count). The summed E-state index contributed by atoms with van der Waals surface area (Å²) >= 11 is 12.5. The number of hydrogen-bond acceptors (Lipinski definition) is 5. The van der Waals surface area contributed by atoms with Gasteiger partial charge in [0.2, 0.25) is 11.8 Å². The van der Waals surface area contributed by atoms with E-state index in [-0.39, 0.29) is 35.4 Å². The normalized spacial score (nSPS) is 12.0. The van der Waals surface area contributed by atoms with Gasteiger partial charge in [0, 0.05) is 25.6 Å². The Balaban J connectivity index is 1.82. The Labute approximate surface area is 287 Å². The molecule has 1 unspecified atom stereocenters. The molecule has 47 heavy (non-hydrogen) atoms. The van der Waals surface area contributed by atoms with Gasteiger partial charge < -0.3 is 15.0 Å². The summed E-state index contributed by atoms with van der Waals surface area (Å²) in [5.74, 6) is -0.360. The molecule has 4 aromatic carbocycles. The fourth-order valence-electron chi connectivity index (χ4n) is 4.94. The highest BCUT2D eigenvalue weighted by Crippen LogP contribution is 2.29. The average Bonchev–Trinajstić information content (AvgIpc) is 3.06. The van der Waals surface area contributed by atoms with E-state index in [9.17, 15) is 18.0 Å². The van der Waals surface area contributed by atoms with Crippen molar-refractivity contribution in [3.63, 3.8) is 0 Å². The lowest BCUT2D eigenvalue weighted by Crippen LogP contribution is -2.53. The van der Waals surface area contributed by atoms with E-state index < -0.39 is 28.5 Å². The van der Waals surface area contributed by atoms with E-state index in [0.717, 1.165) is 15.4 Å². The zero-order chi connectivity index (χ0) is 34.1. The molecule has 0 aliphatic carbocycles. The number of ether oxygens (including phenoxy) is 1. The van der Waals surface area contributed by atoms with Crippen molar-refractivity contribution < 1.29 is 22.7 Å². The number of amides is 2. The number of hydrogen-bond donors (Lipinski definition) is 1. The quantitative estimate of drug-likeness (QED) is 0.155. The molecule has 8 nitrogen and oxygen atoms in total. The molecule has 0 saturated heterocycles. The van der Waals surface area contributed by atoms with Crippen molar-refractivity contribution in [1.82, 2.24) is 10.2 Å². The van der Waals surface area contributed by atoms with Gasteiger partial charge in [0.15, 0.2) is 0 Å². The van der Waals surface area contributed by atoms with Crippen molar-refractivity contribution in [1.29, 1.82) is 0 Å². The molecule has 1 N–H and O–H groups in total. The third-order valence-corrected chi connectivity index (χ3v) is 10.0. The zero-order valence-corrected chi connectivity index (χ0v) is 29.1. The molecule has 0 bridgehead atoms. The maximum Gasteiger partial charge on any atom is 0.264 e. The number of benzene rings is 4. The SMILES string of the molecule is COc1cccc(N(CC(=O)N(Cc2ccc(Cl)c(Cl)c2)C(Cc2ccccc2)C(=O)NCC(C)C)S(=O)(=O)c2ccc(C)cc2)c1. The van der Waals surface area contributed by atoms with Crippen LogP contribution in [0.15, 0.2) is 102 Å². The zero-order valence-electron chi connectivity index (χ0n) is 26.8. The number of carbonyl (C=O) groups is 2. The summed E-state index contributed by atoms with van der Waals surface area (Å²) in [5, 5.41) is 3.61. The highest BCUT2D eigenvalue weighted by Gasteiger charge is 2.35. The van der Waals surface area contributed by atoms with Crippen molar-refractivity contribution in [2.24, 2.45) is 5.92 Å². The van der Waals surface area contributed by atoms with Crippen molar-refractivity contribution in [2.45, 2.75) is 44.7 Å². The largest absolute Gasteiger partial charge is 0.497 e. The molecule has 0 radical (unpaired) electrons. The number of rotatable bonds is 14. The van der Waals surface area contributed by atoms with Crippen LogP contribution in [0.2, 0.25) is 10.0 Å². The van der Waals surface area contributed by atoms with Crippen molar-refractivity contribution in [3.8, 4) is 5.75 Å². The monoisotopic (exact) mass is 695 g/mol. The lowest BCUT2D eigenvalue weighted by molar-refractivity contribution is -0.140. The molecule has 0 fully saturated rings. The number of anilines is 1. The van der Waals surface area contributed by atoms with Gasteiger partial charge >= 0.3 is 0 Å². The predicted octanol–water partition coefficient (Wildman–Crippen LogP) is 6.92. The number of nitrogens with one attached hydrogen (secondary N) is 1. The molecule has 248 valence electrons. The van der Waals surface area contributed by atoms with E-state index in [1.165, 1.54) is 24.1 Å². The van der Waals surface area contributed by atoms with E-state index in [2.05, 4.69) is 5.32 Å². The van der Waals surface area contributed by atoms with E-state index in [4.69, 9.17) is 27.9 Å². The van der Waals surface area contributed by atoms with E-state index in [1.807, 2.05) is 51.1 Å². The summed E-state index contributed by atoms with van der Waals surface area (Å²) in [5.41, 5.74) is 2.58. The Bertz CT molecular complexity index is 1780. The van der Waals surface area contributed by atoms with Crippen LogP contribution >= 0.6 is 23.2 Å². The first-order chi connectivity index (χ1) is 22.4. The first kappa shape index (κ1) is 35.8. The van der Waals surface area contributed by atoms with E-state index in [0.29, 0.717) is 27.9 Å². The van der Waals surface area contributed by atoms with E-state index >= 15 is 0 Å². The van der Waals surface area contributed by atoms with Gasteiger partial charge in [-0.1, -0.05) is 97.2 Å². The number of methoxy groups -OCH3 is 1. The third kappa shape index (κ3) is 9.50. The summed E-state index contributed by atoms with van der Waals surface area (Å²) in [4.78, 5) is 29.9. The molecule has 0 saturated carbocycles. The fraction of sp³-hybridized carbons (Fsp3) is 0.278. The molecule has 1 atom stereocenters. The summed E-state index contributed by atoms with van der Waals surface area (Å²) < 4.78 is 34.9. The number of carbonyl (C=O) groups excluding carboxylic acids is 2. The number of halogens is 2. The Kier molecular flexibility index (Phi) is 12.3. The highest BCUT2D eigenvalue weighted by molar-refractivity contribution is 7.92. The van der Waals surface area contributed by atoms with Gasteiger partial charge in [-0.15, -0.1) is 0 Å². The van der Waals surface area contributed by atoms with Crippen LogP contribution in [0.1, 0.15) is 30.5 Å². The number of sulfonamides is 1. The van der Waals surface area contributed by atoms with Gasteiger partial charge in [0.25, 0.3) is 10.0 Å². The van der Waals surface area contributed by atoms with Crippen LogP contribution in [-0.4, -0.2) is 51.4 Å². The third-order valence-electron chi connectivity index (χ3n) is 7.52. The Morgan fingerprint density at radius 3 is 2.19 bits per heavy atom. The molecule has 0 spiro atoms. The van der Waals surface area contributed by atoms with Crippen LogP contribution in [0.5, 0.6) is 5.75 Å². The fourth-order valence-corrected chi connectivity index (χ4v) is 6.67. The highest BCUT2D eigenvalue weighted by atomic mass is 35.5. The molecule has 0 heterocycles. The van der Waals surface area contributed by atoms with Crippen LogP contribution < -0.4 is 14.4 Å². The van der Waals surface area contributed by atoms with Gasteiger partial charge in [-0.05, 0) is 60.4 Å². The van der Waals surface area contributed by atoms with Crippen molar-refractivity contribution in [3.05, 3.63) is 124 Å². The second kappa shape index (κ2) is 16.2. The van der Waals surface area contributed by atoms with Crippen LogP contribution in [0.4, 0.5) is 5.69 Å². The maximum atomic E-state index is 14.6. The second-order valence-electron chi connectivity index (χ2n) is 11.6. The first-order valence-electron chi connectivity index (χ1n) is 15.2. The lowest BCUT2D eigenvalue weighted by atomic mass is 10.0. The minimum Gasteiger partial charge on any atom is -0.497 e. The van der Waals surface area contributed by atoms with Gasteiger partial charge in [0.1, 0.15) is 18.3 Å². The Hall–Kier alpha value is -4.05. The van der Waals surface area contributed by atoms with Crippen LogP contribution in [-0.2, 0) is 32.6 Å². The molecule has 2 amide bonds. The average molecular weight is 697 g/mol. The Morgan fingerprint density at radius 2 is 1.55 bits per heavy atom. The second-order valence-corrected chi connectivity index (χ2v) is 14.3. The smallest absolute Gasteiger partial charge is 0.264 e. The van der Waals surface area contributed by atoms with Crippen LogP contribution in [0.3, 0.4) is 0 Å². The molecule has 11 heteroatoms. The summed E-state index contributed by atoms with van der Waals surface area (Å²) in [6.45, 7) is 5.60. The number of nitrogens with zero attached hydrogens (tertiary/aromatic N) is 2. The molecule has 0 aromatic heterocycles. The van der Waals surface area contributed by atoms with Crippen molar-refractivity contribution in [2.75, 3.05) is 24.5 Å². The molecule has 4 aromatic rings. The van der Waals surface area contributed by atoms with Crippen molar-refractivity contribution >= 4 is 50.7 Å². The van der Waals surface area contributed by atoms with Gasteiger partial charge in [-0.2, -0.15) is 0 Å².